The fraction of sp³-hybridized carbons (Fsp3) is 0. The first-order valence-corrected chi connectivity index (χ1v) is 4.50. The molecule has 56 valence electrons. The van der Waals surface area contributed by atoms with Crippen LogP contribution in [0.3, 0.4) is 0 Å². The maximum Gasteiger partial charge on any atom is 1.00 e. The molecule has 0 bridgehead atoms. The Morgan fingerprint density at radius 3 is 1.15 bits per heavy atom. The van der Waals surface area contributed by atoms with E-state index < -0.39 is 15.6 Å². The summed E-state index contributed by atoms with van der Waals surface area (Å²) in [6.45, 7) is 0. The van der Waals surface area contributed by atoms with Crippen LogP contribution in [-0.2, 0) is 8.88 Å². The molecule has 0 aliphatic carbocycles. The van der Waals surface area contributed by atoms with Gasteiger partial charge in [-0.25, -0.2) is 0 Å². The third kappa shape index (κ3) is 31.4. The summed E-state index contributed by atoms with van der Waals surface area (Å²) < 4.78 is 12.1. The molecule has 0 saturated heterocycles. The Morgan fingerprint density at radius 1 is 0.923 bits per heavy atom. The average molecular weight is 265 g/mol. The smallest absolute Gasteiger partial charge is 0.806 e. The van der Waals surface area contributed by atoms with Gasteiger partial charge in [0, 0.05) is 0 Å². The summed E-state index contributed by atoms with van der Waals surface area (Å²) in [5, 5.41) is 5.79. The second kappa shape index (κ2) is 12.7. The Balaban J connectivity index is -0.0000000533. The predicted molar refractivity (Wildman–Crippen MR) is 18.3 cm³/mol. The van der Waals surface area contributed by atoms with E-state index in [1.54, 1.807) is 0 Å². The summed E-state index contributed by atoms with van der Waals surface area (Å²) in [6, 6.07) is 0. The van der Waals surface area contributed by atoms with E-state index in [0.29, 0.717) is 0 Å². The molecular formula is HNNa4O6P2. The van der Waals surface area contributed by atoms with Crippen molar-refractivity contribution in [3.05, 3.63) is 0 Å². The monoisotopic (exact) mass is 265 g/mol. The minimum absolute atomic E-state index is 0. The van der Waals surface area contributed by atoms with Crippen molar-refractivity contribution in [3.8, 4) is 0 Å². The van der Waals surface area contributed by atoms with Crippen LogP contribution in [-0.4, -0.2) is 0 Å². The minimum atomic E-state index is -5.55. The van der Waals surface area contributed by atoms with Crippen molar-refractivity contribution in [2.75, 3.05) is 0 Å². The molecule has 1 N–H and O–H groups in total. The van der Waals surface area contributed by atoms with Gasteiger partial charge >= 0.3 is 118 Å². The average Bonchev–Trinajstić information content (AvgIpc) is 1.14. The summed E-state index contributed by atoms with van der Waals surface area (Å²) in [5.74, 6) is 0. The SMILES string of the molecule is N=P([O-])([O-])OP(=O)([O-])[O-].[Na+].[Na+].[Na+].[Na+]. The van der Waals surface area contributed by atoms with E-state index in [1.165, 1.54) is 0 Å². The molecule has 0 aromatic heterocycles. The Morgan fingerprint density at radius 2 is 1.15 bits per heavy atom. The number of phosphoric acid groups is 1. The van der Waals surface area contributed by atoms with Gasteiger partial charge in [0.1, 0.15) is 0 Å². The third-order valence-electron chi connectivity index (χ3n) is 0.207. The van der Waals surface area contributed by atoms with Gasteiger partial charge in [-0.15, -0.1) is 0 Å². The first-order chi connectivity index (χ1) is 3.71. The second-order valence-corrected chi connectivity index (χ2v) is 3.57. The Bertz CT molecular complexity index is 163. The van der Waals surface area contributed by atoms with Crippen molar-refractivity contribution in [3.63, 3.8) is 0 Å². The molecule has 0 heterocycles. The first kappa shape index (κ1) is 30.4. The fourth-order valence-corrected chi connectivity index (χ4v) is 1.18. The molecule has 0 amide bonds. The molecule has 13 heavy (non-hydrogen) atoms. The number of hydrogen-bond acceptors (Lipinski definition) is 7. The summed E-state index contributed by atoms with van der Waals surface area (Å²) in [7, 11) is -10.7. The van der Waals surface area contributed by atoms with Gasteiger partial charge in [0.25, 0.3) is 0 Å². The van der Waals surface area contributed by atoms with Gasteiger partial charge in [0.15, 0.2) is 0 Å². The molecule has 0 aliphatic rings. The van der Waals surface area contributed by atoms with Crippen molar-refractivity contribution in [1.82, 2.24) is 0 Å². The largest absolute Gasteiger partial charge is 1.00 e. The van der Waals surface area contributed by atoms with Crippen molar-refractivity contribution < 1.29 is 147 Å². The van der Waals surface area contributed by atoms with Gasteiger partial charge in [0.2, 0.25) is 0 Å². The van der Waals surface area contributed by atoms with Crippen LogP contribution in [0.4, 0.5) is 0 Å². The van der Waals surface area contributed by atoms with Crippen LogP contribution in [0.15, 0.2) is 0 Å². The molecule has 0 atom stereocenters. The van der Waals surface area contributed by atoms with Crippen LogP contribution in [0.5, 0.6) is 0 Å². The van der Waals surface area contributed by atoms with E-state index in [4.69, 9.17) is 5.16 Å². The Labute approximate surface area is 164 Å². The van der Waals surface area contributed by atoms with Gasteiger partial charge in [-0.05, 0) is 0 Å². The predicted octanol–water partition coefficient (Wildman–Crippen LogP) is -14.9. The van der Waals surface area contributed by atoms with Gasteiger partial charge in [0.05, 0.1) is 7.82 Å². The molecule has 0 radical (unpaired) electrons. The summed E-state index contributed by atoms with van der Waals surface area (Å²) >= 11 is 0. The molecule has 7 nitrogen and oxygen atoms in total. The summed E-state index contributed by atoms with van der Waals surface area (Å²) in [5.41, 5.74) is 0. The van der Waals surface area contributed by atoms with Crippen LogP contribution >= 0.6 is 15.6 Å². The van der Waals surface area contributed by atoms with Crippen LogP contribution < -0.4 is 138 Å². The molecule has 0 aliphatic heterocycles. The zero-order valence-corrected chi connectivity index (χ0v) is 17.6. The van der Waals surface area contributed by atoms with Crippen molar-refractivity contribution >= 4 is 15.6 Å². The van der Waals surface area contributed by atoms with Gasteiger partial charge in [-0.1, -0.05) is 7.74 Å². The van der Waals surface area contributed by atoms with E-state index in [0.717, 1.165) is 0 Å². The topological polar surface area (TPSA) is 142 Å². The van der Waals surface area contributed by atoms with Crippen LogP contribution in [0.1, 0.15) is 0 Å². The van der Waals surface area contributed by atoms with Gasteiger partial charge in [-0.3, -0.25) is 0 Å². The molecule has 0 saturated carbocycles. The normalized spacial score (nSPS) is 9.54. The minimum Gasteiger partial charge on any atom is -0.806 e. The zero-order valence-electron chi connectivity index (χ0n) is 7.84. The standard InChI is InChI=1S/H3NO6P2.4Na/c1-8(2,3)7-9(4,5)6;;;;/h(H3-2,1,2,3,4,5,6);;;;/q-2;4*+1/p-2. The quantitative estimate of drug-likeness (QED) is 0.388. The molecular weight excluding hydrogens is 264 g/mol. The van der Waals surface area contributed by atoms with E-state index in [-0.39, 0.29) is 118 Å². The molecule has 13 heteroatoms. The van der Waals surface area contributed by atoms with Crippen LogP contribution in [0.2, 0.25) is 0 Å². The van der Waals surface area contributed by atoms with E-state index in [9.17, 15) is 24.1 Å². The number of rotatable bonds is 2. The Hall–Kier alpha value is 4.26. The molecule has 0 aromatic rings. The maximum atomic E-state index is 9.55. The van der Waals surface area contributed by atoms with E-state index in [2.05, 4.69) is 4.31 Å². The second-order valence-electron chi connectivity index (χ2n) is 1.03. The van der Waals surface area contributed by atoms with E-state index in [1.807, 2.05) is 0 Å². The van der Waals surface area contributed by atoms with Crippen LogP contribution in [0, 0.1) is 5.16 Å². The Kier molecular flexibility index (Phi) is 29.7. The van der Waals surface area contributed by atoms with Crippen molar-refractivity contribution in [2.45, 2.75) is 0 Å². The fourth-order valence-electron chi connectivity index (χ4n) is 0.132. The molecule has 0 spiro atoms. The maximum absolute atomic E-state index is 9.55. The van der Waals surface area contributed by atoms with Gasteiger partial charge in [-0.2, -0.15) is 0 Å². The number of hydrogen-bond donors (Lipinski definition) is 1. The molecule has 0 unspecified atom stereocenters. The van der Waals surface area contributed by atoms with E-state index >= 15 is 0 Å². The zero-order chi connectivity index (χ0) is 7.71. The summed E-state index contributed by atoms with van der Waals surface area (Å²) in [6.07, 6.45) is 0. The van der Waals surface area contributed by atoms with Gasteiger partial charge < -0.3 is 33.6 Å². The van der Waals surface area contributed by atoms with Crippen molar-refractivity contribution in [1.29, 1.82) is 5.16 Å². The molecule has 0 aromatic carbocycles. The van der Waals surface area contributed by atoms with Crippen molar-refractivity contribution in [2.24, 2.45) is 0 Å². The number of nitrogens with one attached hydrogen (secondary N) is 1. The molecule has 0 fully saturated rings. The summed E-state index contributed by atoms with van der Waals surface area (Å²) in [4.78, 5) is 37.9. The molecule has 0 rings (SSSR count). The van der Waals surface area contributed by atoms with Crippen LogP contribution in [0.25, 0.3) is 0 Å². The third-order valence-corrected chi connectivity index (χ3v) is 1.87. The first-order valence-electron chi connectivity index (χ1n) is 1.50.